The highest BCUT2D eigenvalue weighted by atomic mass is 32.2. The van der Waals surface area contributed by atoms with Gasteiger partial charge in [0.1, 0.15) is 9.84 Å². The third kappa shape index (κ3) is 4.98. The van der Waals surface area contributed by atoms with Gasteiger partial charge in [0.2, 0.25) is 0 Å². The predicted octanol–water partition coefficient (Wildman–Crippen LogP) is 2.41. The molecule has 0 bridgehead atoms. The van der Waals surface area contributed by atoms with Crippen LogP contribution in [0.4, 0.5) is 10.5 Å². The molecular formula is C19H29N3O3S. The van der Waals surface area contributed by atoms with Crippen LogP contribution in [0.3, 0.4) is 0 Å². The minimum Gasteiger partial charge on any atom is -0.335 e. The Bertz CT molecular complexity index is 713. The van der Waals surface area contributed by atoms with Crippen LogP contribution >= 0.6 is 0 Å². The van der Waals surface area contributed by atoms with Crippen molar-refractivity contribution < 1.29 is 13.2 Å². The summed E-state index contributed by atoms with van der Waals surface area (Å²) >= 11 is 0. The van der Waals surface area contributed by atoms with Crippen LogP contribution in [0.15, 0.2) is 24.3 Å². The van der Waals surface area contributed by atoms with Gasteiger partial charge in [-0.25, -0.2) is 13.2 Å². The van der Waals surface area contributed by atoms with Gasteiger partial charge in [0.15, 0.2) is 0 Å². The van der Waals surface area contributed by atoms with Crippen LogP contribution in [0.1, 0.15) is 38.2 Å². The molecule has 2 aliphatic rings. The van der Waals surface area contributed by atoms with Crippen molar-refractivity contribution >= 4 is 21.6 Å². The Morgan fingerprint density at radius 2 is 1.77 bits per heavy atom. The molecular weight excluding hydrogens is 350 g/mol. The Hall–Kier alpha value is -1.60. The number of anilines is 1. The molecule has 0 aliphatic carbocycles. The van der Waals surface area contributed by atoms with Gasteiger partial charge in [-0.2, -0.15) is 0 Å². The average molecular weight is 380 g/mol. The number of para-hydroxylation sites is 1. The topological polar surface area (TPSA) is 78.5 Å². The number of likely N-dealkylation sites (tertiary alicyclic amines) is 1. The van der Waals surface area contributed by atoms with E-state index in [1.807, 2.05) is 24.3 Å². The zero-order valence-corrected chi connectivity index (χ0v) is 16.2. The number of hydrogen-bond donors (Lipinski definition) is 2. The van der Waals surface area contributed by atoms with E-state index in [2.05, 4.69) is 22.5 Å². The first-order chi connectivity index (χ1) is 12.5. The van der Waals surface area contributed by atoms with E-state index in [4.69, 9.17) is 0 Å². The van der Waals surface area contributed by atoms with E-state index >= 15 is 0 Å². The molecule has 0 atom stereocenters. The van der Waals surface area contributed by atoms with Crippen molar-refractivity contribution in [3.05, 3.63) is 29.8 Å². The molecule has 2 fully saturated rings. The Kier molecular flexibility index (Phi) is 6.19. The zero-order chi connectivity index (χ0) is 18.6. The molecule has 1 aromatic carbocycles. The van der Waals surface area contributed by atoms with Gasteiger partial charge in [-0.15, -0.1) is 0 Å². The Morgan fingerprint density at radius 1 is 1.12 bits per heavy atom. The first-order valence-electron chi connectivity index (χ1n) is 9.57. The van der Waals surface area contributed by atoms with E-state index in [-0.39, 0.29) is 12.1 Å². The van der Waals surface area contributed by atoms with Gasteiger partial charge in [-0.05, 0) is 43.7 Å². The molecule has 2 saturated heterocycles. The maximum Gasteiger partial charge on any atom is 0.319 e. The fourth-order valence-corrected chi connectivity index (χ4v) is 5.41. The van der Waals surface area contributed by atoms with Crippen molar-refractivity contribution in [2.45, 2.75) is 51.1 Å². The van der Waals surface area contributed by atoms with Crippen molar-refractivity contribution in [2.24, 2.45) is 0 Å². The summed E-state index contributed by atoms with van der Waals surface area (Å²) in [5, 5.41) is 6.04. The Morgan fingerprint density at radius 3 is 2.42 bits per heavy atom. The molecule has 7 heteroatoms. The van der Waals surface area contributed by atoms with E-state index in [1.54, 1.807) is 0 Å². The normalized spacial score (nSPS) is 22.0. The molecule has 26 heavy (non-hydrogen) atoms. The Labute approximate surface area is 156 Å². The van der Waals surface area contributed by atoms with E-state index in [0.29, 0.717) is 17.5 Å². The largest absolute Gasteiger partial charge is 0.335 e. The van der Waals surface area contributed by atoms with Gasteiger partial charge in [-0.1, -0.05) is 25.1 Å². The van der Waals surface area contributed by atoms with Crippen LogP contribution < -0.4 is 10.6 Å². The highest BCUT2D eigenvalue weighted by molar-refractivity contribution is 7.91. The van der Waals surface area contributed by atoms with Crippen molar-refractivity contribution in [3.63, 3.8) is 0 Å². The maximum absolute atomic E-state index is 12.3. The summed E-state index contributed by atoms with van der Waals surface area (Å²) in [7, 11) is -2.81. The van der Waals surface area contributed by atoms with Gasteiger partial charge in [0.25, 0.3) is 0 Å². The summed E-state index contributed by atoms with van der Waals surface area (Å²) in [5.41, 5.74) is 2.00. The SMILES string of the molecule is CCc1ccccc1NC(=O)NC1CCN(C2CCS(=O)(=O)CC2)CC1. The number of carbonyl (C=O) groups is 1. The molecule has 144 valence electrons. The van der Waals surface area contributed by atoms with Crippen LogP contribution in [0.25, 0.3) is 0 Å². The smallest absolute Gasteiger partial charge is 0.319 e. The summed E-state index contributed by atoms with van der Waals surface area (Å²) in [6.45, 7) is 3.91. The molecule has 0 spiro atoms. The molecule has 0 radical (unpaired) electrons. The van der Waals surface area contributed by atoms with Crippen LogP contribution in [0.2, 0.25) is 0 Å². The molecule has 0 aromatic heterocycles. The van der Waals surface area contributed by atoms with Gasteiger partial charge in [0.05, 0.1) is 11.5 Å². The lowest BCUT2D eigenvalue weighted by atomic mass is 10.0. The number of urea groups is 1. The molecule has 2 amide bonds. The summed E-state index contributed by atoms with van der Waals surface area (Å²) in [6.07, 6.45) is 4.19. The molecule has 6 nitrogen and oxygen atoms in total. The molecule has 0 saturated carbocycles. The number of amides is 2. The van der Waals surface area contributed by atoms with Crippen molar-refractivity contribution in [1.82, 2.24) is 10.2 Å². The highest BCUT2D eigenvalue weighted by Crippen LogP contribution is 2.22. The molecule has 3 rings (SSSR count). The Balaban J connectivity index is 1.44. The van der Waals surface area contributed by atoms with E-state index in [1.165, 1.54) is 0 Å². The first kappa shape index (κ1) is 19.2. The monoisotopic (exact) mass is 379 g/mol. The number of sulfone groups is 1. The van der Waals surface area contributed by atoms with Gasteiger partial charge in [0, 0.05) is 30.9 Å². The lowest BCUT2D eigenvalue weighted by Gasteiger charge is -2.39. The number of rotatable bonds is 4. The molecule has 2 N–H and O–H groups in total. The van der Waals surface area contributed by atoms with E-state index in [9.17, 15) is 13.2 Å². The fraction of sp³-hybridized carbons (Fsp3) is 0.632. The number of benzene rings is 1. The number of nitrogens with zero attached hydrogens (tertiary/aromatic N) is 1. The summed E-state index contributed by atoms with van der Waals surface area (Å²) in [6, 6.07) is 8.27. The quantitative estimate of drug-likeness (QED) is 0.842. The lowest BCUT2D eigenvalue weighted by molar-refractivity contribution is 0.136. The maximum atomic E-state index is 12.3. The van der Waals surface area contributed by atoms with Gasteiger partial charge >= 0.3 is 6.03 Å². The van der Waals surface area contributed by atoms with Gasteiger partial charge in [-0.3, -0.25) is 0 Å². The summed E-state index contributed by atoms with van der Waals surface area (Å²) < 4.78 is 23.1. The molecule has 2 heterocycles. The van der Waals surface area contributed by atoms with Crippen molar-refractivity contribution in [1.29, 1.82) is 0 Å². The van der Waals surface area contributed by atoms with Crippen molar-refractivity contribution in [3.8, 4) is 0 Å². The minimum atomic E-state index is -2.81. The number of carbonyl (C=O) groups excluding carboxylic acids is 1. The minimum absolute atomic E-state index is 0.145. The van der Waals surface area contributed by atoms with Crippen LogP contribution in [-0.2, 0) is 16.3 Å². The first-order valence-corrected chi connectivity index (χ1v) is 11.4. The number of nitrogens with one attached hydrogen (secondary N) is 2. The second-order valence-corrected chi connectivity index (χ2v) is 9.61. The van der Waals surface area contributed by atoms with Crippen LogP contribution in [0, 0.1) is 0 Å². The van der Waals surface area contributed by atoms with Gasteiger partial charge < -0.3 is 15.5 Å². The zero-order valence-electron chi connectivity index (χ0n) is 15.4. The average Bonchev–Trinajstić information content (AvgIpc) is 2.63. The lowest BCUT2D eigenvalue weighted by Crippen LogP contribution is -2.50. The molecule has 0 unspecified atom stereocenters. The second kappa shape index (κ2) is 8.39. The predicted molar refractivity (Wildman–Crippen MR) is 104 cm³/mol. The molecule has 1 aromatic rings. The number of piperidine rings is 1. The number of hydrogen-bond acceptors (Lipinski definition) is 4. The summed E-state index contributed by atoms with van der Waals surface area (Å²) in [4.78, 5) is 14.7. The van der Waals surface area contributed by atoms with E-state index < -0.39 is 9.84 Å². The third-order valence-corrected chi connectivity index (χ3v) is 7.27. The molecule has 2 aliphatic heterocycles. The fourth-order valence-electron chi connectivity index (χ4n) is 3.95. The summed E-state index contributed by atoms with van der Waals surface area (Å²) in [5.74, 6) is 0.629. The van der Waals surface area contributed by atoms with Crippen LogP contribution in [0.5, 0.6) is 0 Å². The standard InChI is InChI=1S/C19H29N3O3S/c1-2-15-5-3-4-6-18(15)21-19(23)20-16-7-11-22(12-8-16)17-9-13-26(24,25)14-10-17/h3-6,16-17H,2,7-14H2,1H3,(H2,20,21,23). The second-order valence-electron chi connectivity index (χ2n) is 7.30. The van der Waals surface area contributed by atoms with E-state index in [0.717, 1.165) is 56.4 Å². The number of aryl methyl sites for hydroxylation is 1. The van der Waals surface area contributed by atoms with Crippen molar-refractivity contribution in [2.75, 3.05) is 29.9 Å². The third-order valence-electron chi connectivity index (χ3n) is 5.55. The van der Waals surface area contributed by atoms with Crippen LogP contribution in [-0.4, -0.2) is 56.0 Å². The highest BCUT2D eigenvalue weighted by Gasteiger charge is 2.30.